The van der Waals surface area contributed by atoms with Gasteiger partial charge >= 0.3 is 6.09 Å². The average molecular weight is 232 g/mol. The Kier molecular flexibility index (Phi) is 3.04. The van der Waals surface area contributed by atoms with Crippen molar-refractivity contribution in [2.75, 3.05) is 13.6 Å². The first-order valence-corrected chi connectivity index (χ1v) is 5.60. The first-order valence-electron chi connectivity index (χ1n) is 5.60. The number of rotatable bonds is 2. The molecule has 1 heterocycles. The minimum absolute atomic E-state index is 0.330. The fraction of sp³-hybridized carbons (Fsp3) is 0.308. The number of hydrogen-bond donors (Lipinski definition) is 0. The number of nitrogens with zero attached hydrogens (tertiary/aromatic N) is 2. The number of fused-ring (bicyclic) bond motifs is 1. The summed E-state index contributed by atoms with van der Waals surface area (Å²) in [6, 6.07) is 7.64. The lowest BCUT2D eigenvalue weighted by molar-refractivity contribution is 0.166. The van der Waals surface area contributed by atoms with E-state index in [4.69, 9.17) is 4.74 Å². The quantitative estimate of drug-likeness (QED) is 0.797. The minimum Gasteiger partial charge on any atom is -0.409 e. The molecule has 1 aromatic carbocycles. The van der Waals surface area contributed by atoms with Crippen molar-refractivity contribution in [2.45, 2.75) is 6.92 Å². The van der Waals surface area contributed by atoms with Crippen LogP contribution in [0, 0.1) is 0 Å². The predicted molar refractivity (Wildman–Crippen MR) is 67.2 cm³/mol. The Balaban J connectivity index is 2.33. The molecule has 0 bridgehead atoms. The Bertz CT molecular complexity index is 545. The topological polar surface area (TPSA) is 34.5 Å². The van der Waals surface area contributed by atoms with Gasteiger partial charge in [0.15, 0.2) is 0 Å². The van der Waals surface area contributed by atoms with Gasteiger partial charge in [-0.2, -0.15) is 0 Å². The summed E-state index contributed by atoms with van der Waals surface area (Å²) in [7, 11) is 3.68. The second kappa shape index (κ2) is 4.49. The molecule has 0 fully saturated rings. The lowest BCUT2D eigenvalue weighted by Crippen LogP contribution is -2.29. The van der Waals surface area contributed by atoms with Gasteiger partial charge in [0, 0.05) is 32.2 Å². The first kappa shape index (κ1) is 11.5. The summed E-state index contributed by atoms with van der Waals surface area (Å²) in [5.41, 5.74) is 1.05. The van der Waals surface area contributed by atoms with Gasteiger partial charge in [-0.05, 0) is 25.1 Å². The van der Waals surface area contributed by atoms with Crippen LogP contribution in [-0.4, -0.2) is 29.2 Å². The van der Waals surface area contributed by atoms with E-state index in [1.807, 2.05) is 49.0 Å². The lowest BCUT2D eigenvalue weighted by atomic mass is 10.2. The van der Waals surface area contributed by atoms with E-state index < -0.39 is 0 Å². The highest BCUT2D eigenvalue weighted by atomic mass is 16.6. The van der Waals surface area contributed by atoms with Crippen LogP contribution in [0.2, 0.25) is 0 Å². The van der Waals surface area contributed by atoms with Gasteiger partial charge in [-0.3, -0.25) is 0 Å². The Morgan fingerprint density at radius 1 is 1.41 bits per heavy atom. The monoisotopic (exact) mass is 232 g/mol. The number of ether oxygens (including phenoxy) is 1. The van der Waals surface area contributed by atoms with E-state index >= 15 is 0 Å². The number of aryl methyl sites for hydroxylation is 1. The summed E-state index contributed by atoms with van der Waals surface area (Å²) in [5.74, 6) is 0.605. The summed E-state index contributed by atoms with van der Waals surface area (Å²) in [5, 5.41) is 0.952. The molecule has 0 spiro atoms. The third kappa shape index (κ3) is 2.11. The maximum absolute atomic E-state index is 11.7. The fourth-order valence-corrected chi connectivity index (χ4v) is 1.66. The molecule has 1 aromatic heterocycles. The van der Waals surface area contributed by atoms with E-state index in [0.29, 0.717) is 12.3 Å². The van der Waals surface area contributed by atoms with Gasteiger partial charge in [0.2, 0.25) is 0 Å². The molecule has 0 saturated carbocycles. The van der Waals surface area contributed by atoms with Gasteiger partial charge in [-0.25, -0.2) is 4.79 Å². The van der Waals surface area contributed by atoms with Crippen molar-refractivity contribution in [2.24, 2.45) is 7.05 Å². The normalized spacial score (nSPS) is 10.5. The molecule has 2 aromatic rings. The third-order valence-electron chi connectivity index (χ3n) is 2.87. The standard InChI is InChI=1S/C13H16N2O2/c1-4-14(2)13(16)17-12-7-5-6-11-10(12)8-9-15(11)3/h5-9H,4H2,1-3H3. The second-order valence-corrected chi connectivity index (χ2v) is 4.00. The lowest BCUT2D eigenvalue weighted by Gasteiger charge is -2.14. The second-order valence-electron chi connectivity index (χ2n) is 4.00. The highest BCUT2D eigenvalue weighted by molar-refractivity contribution is 5.88. The maximum Gasteiger partial charge on any atom is 0.414 e. The van der Waals surface area contributed by atoms with Crippen molar-refractivity contribution in [1.29, 1.82) is 0 Å². The molecule has 4 nitrogen and oxygen atoms in total. The van der Waals surface area contributed by atoms with Crippen molar-refractivity contribution in [3.63, 3.8) is 0 Å². The molecule has 1 amide bonds. The van der Waals surface area contributed by atoms with Crippen LogP contribution >= 0.6 is 0 Å². The number of amides is 1. The SMILES string of the molecule is CCN(C)C(=O)Oc1cccc2c1ccn2C. The molecule has 0 aliphatic carbocycles. The number of carbonyl (C=O) groups excluding carboxylic acids is 1. The zero-order valence-corrected chi connectivity index (χ0v) is 10.3. The van der Waals surface area contributed by atoms with Gasteiger partial charge in [0.1, 0.15) is 5.75 Å². The molecular weight excluding hydrogens is 216 g/mol. The Morgan fingerprint density at radius 3 is 2.88 bits per heavy atom. The summed E-state index contributed by atoms with van der Waals surface area (Å²) in [4.78, 5) is 13.2. The van der Waals surface area contributed by atoms with Crippen molar-refractivity contribution in [1.82, 2.24) is 9.47 Å². The summed E-state index contributed by atoms with van der Waals surface area (Å²) < 4.78 is 7.36. The number of aromatic nitrogens is 1. The summed E-state index contributed by atoms with van der Waals surface area (Å²) in [6.07, 6.45) is 1.62. The maximum atomic E-state index is 11.7. The molecule has 4 heteroatoms. The predicted octanol–water partition coefficient (Wildman–Crippen LogP) is 2.63. The summed E-state index contributed by atoms with van der Waals surface area (Å²) in [6.45, 7) is 2.54. The zero-order chi connectivity index (χ0) is 12.4. The van der Waals surface area contributed by atoms with Crippen molar-refractivity contribution in [3.8, 4) is 5.75 Å². The Labute approximate surface area is 100 Å². The van der Waals surface area contributed by atoms with Gasteiger partial charge in [-0.15, -0.1) is 0 Å². The zero-order valence-electron chi connectivity index (χ0n) is 10.3. The molecule has 0 atom stereocenters. The Morgan fingerprint density at radius 2 is 2.18 bits per heavy atom. The van der Waals surface area contributed by atoms with Crippen LogP contribution < -0.4 is 4.74 Å². The Hall–Kier alpha value is -1.97. The van der Waals surface area contributed by atoms with Crippen LogP contribution in [0.5, 0.6) is 5.75 Å². The third-order valence-corrected chi connectivity index (χ3v) is 2.87. The van der Waals surface area contributed by atoms with Gasteiger partial charge in [0.25, 0.3) is 0 Å². The average Bonchev–Trinajstić information content (AvgIpc) is 2.71. The molecule has 0 radical (unpaired) electrons. The highest BCUT2D eigenvalue weighted by Crippen LogP contribution is 2.26. The van der Waals surface area contributed by atoms with E-state index in [0.717, 1.165) is 10.9 Å². The number of hydrogen-bond acceptors (Lipinski definition) is 2. The van der Waals surface area contributed by atoms with Crippen molar-refractivity contribution in [3.05, 3.63) is 30.5 Å². The van der Waals surface area contributed by atoms with Gasteiger partial charge in [0.05, 0.1) is 5.52 Å². The minimum atomic E-state index is -0.330. The number of carbonyl (C=O) groups is 1. The molecule has 2 rings (SSSR count). The molecule has 0 N–H and O–H groups in total. The fourth-order valence-electron chi connectivity index (χ4n) is 1.66. The van der Waals surface area contributed by atoms with Crippen LogP contribution in [0.15, 0.2) is 30.5 Å². The van der Waals surface area contributed by atoms with Crippen LogP contribution in [0.1, 0.15) is 6.92 Å². The van der Waals surface area contributed by atoms with E-state index in [1.54, 1.807) is 7.05 Å². The number of benzene rings is 1. The molecule has 0 unspecified atom stereocenters. The van der Waals surface area contributed by atoms with Crippen LogP contribution in [0.4, 0.5) is 4.79 Å². The van der Waals surface area contributed by atoms with E-state index in [9.17, 15) is 4.79 Å². The molecule has 0 saturated heterocycles. The van der Waals surface area contributed by atoms with E-state index in [2.05, 4.69) is 0 Å². The smallest absolute Gasteiger partial charge is 0.409 e. The van der Waals surface area contributed by atoms with Gasteiger partial charge in [-0.1, -0.05) is 6.07 Å². The molecule has 0 aliphatic heterocycles. The van der Waals surface area contributed by atoms with Crippen molar-refractivity contribution < 1.29 is 9.53 Å². The van der Waals surface area contributed by atoms with Gasteiger partial charge < -0.3 is 14.2 Å². The largest absolute Gasteiger partial charge is 0.414 e. The summed E-state index contributed by atoms with van der Waals surface area (Å²) >= 11 is 0. The van der Waals surface area contributed by atoms with Crippen LogP contribution in [0.25, 0.3) is 10.9 Å². The highest BCUT2D eigenvalue weighted by Gasteiger charge is 2.12. The van der Waals surface area contributed by atoms with Crippen LogP contribution in [0.3, 0.4) is 0 Å². The molecule has 0 aliphatic rings. The van der Waals surface area contributed by atoms with E-state index in [1.165, 1.54) is 4.90 Å². The first-order chi connectivity index (χ1) is 8.13. The molecular formula is C13H16N2O2. The molecule has 90 valence electrons. The van der Waals surface area contributed by atoms with E-state index in [-0.39, 0.29) is 6.09 Å². The van der Waals surface area contributed by atoms with Crippen molar-refractivity contribution >= 4 is 17.0 Å². The van der Waals surface area contributed by atoms with Crippen LogP contribution in [-0.2, 0) is 7.05 Å². The molecule has 17 heavy (non-hydrogen) atoms.